The second kappa shape index (κ2) is 6.53. The molecule has 9 heteroatoms. The van der Waals surface area contributed by atoms with Gasteiger partial charge in [-0.1, -0.05) is 0 Å². The second-order valence-corrected chi connectivity index (χ2v) is 6.16. The fourth-order valence-corrected chi connectivity index (χ4v) is 3.05. The van der Waals surface area contributed by atoms with E-state index < -0.39 is 27.7 Å². The zero-order valence-electron chi connectivity index (χ0n) is 10.3. The quantitative estimate of drug-likeness (QED) is 0.782. The van der Waals surface area contributed by atoms with Crippen molar-refractivity contribution in [3.05, 3.63) is 16.3 Å². The third-order valence-electron chi connectivity index (χ3n) is 2.10. The normalized spacial score (nSPS) is 10.8. The van der Waals surface area contributed by atoms with Crippen LogP contribution in [0.1, 0.15) is 16.1 Å². The summed E-state index contributed by atoms with van der Waals surface area (Å²) in [5, 5.41) is 1.56. The van der Waals surface area contributed by atoms with E-state index in [4.69, 9.17) is 0 Å². The zero-order valence-corrected chi connectivity index (χ0v) is 12.0. The number of ether oxygens (including phenoxy) is 2. The summed E-state index contributed by atoms with van der Waals surface area (Å²) in [6.07, 6.45) is -0.260. The maximum atomic E-state index is 11.7. The molecule has 7 nitrogen and oxygen atoms in total. The summed E-state index contributed by atoms with van der Waals surface area (Å²) in [6.45, 7) is 0. The lowest BCUT2D eigenvalue weighted by Gasteiger charge is -2.07. The Morgan fingerprint density at radius 3 is 2.58 bits per heavy atom. The van der Waals surface area contributed by atoms with Gasteiger partial charge in [-0.15, -0.1) is 11.3 Å². The van der Waals surface area contributed by atoms with E-state index >= 15 is 0 Å². The third-order valence-corrected chi connectivity index (χ3v) is 4.27. The van der Waals surface area contributed by atoms with Crippen molar-refractivity contribution in [1.82, 2.24) is 0 Å². The minimum absolute atomic E-state index is 0.140. The number of esters is 2. The number of nitrogens with one attached hydrogen (secondary N) is 1. The maximum Gasteiger partial charge on any atom is 0.350 e. The number of hydrogen-bond acceptors (Lipinski definition) is 7. The molecule has 0 amide bonds. The Morgan fingerprint density at radius 2 is 2.00 bits per heavy atom. The Kier molecular flexibility index (Phi) is 5.31. The van der Waals surface area contributed by atoms with Gasteiger partial charge in [0.1, 0.15) is 4.88 Å². The molecular weight excluding hydrogens is 294 g/mol. The molecule has 1 N–H and O–H groups in total. The van der Waals surface area contributed by atoms with Gasteiger partial charge in [0.25, 0.3) is 0 Å². The standard InChI is InChI=1S/C10H13NO6S2/c1-16-8(12)4-6-19(14,15)11-7-3-5-18-9(7)10(13)17-2/h3,5,11H,4,6H2,1-2H3. The van der Waals surface area contributed by atoms with E-state index in [1.807, 2.05) is 0 Å². The first kappa shape index (κ1) is 15.4. The molecule has 0 atom stereocenters. The van der Waals surface area contributed by atoms with Gasteiger partial charge in [-0.3, -0.25) is 9.52 Å². The molecule has 0 aliphatic rings. The summed E-state index contributed by atoms with van der Waals surface area (Å²) in [6, 6.07) is 1.45. The molecule has 0 bridgehead atoms. The number of thiophene rings is 1. The molecular formula is C10H13NO6S2. The predicted molar refractivity (Wildman–Crippen MR) is 69.7 cm³/mol. The molecule has 0 fully saturated rings. The largest absolute Gasteiger partial charge is 0.469 e. The highest BCUT2D eigenvalue weighted by atomic mass is 32.2. The number of methoxy groups -OCH3 is 2. The molecule has 1 aromatic heterocycles. The van der Waals surface area contributed by atoms with Crippen molar-refractivity contribution in [3.63, 3.8) is 0 Å². The molecule has 1 aromatic rings. The lowest BCUT2D eigenvalue weighted by atomic mass is 10.4. The Labute approximate surface area is 114 Å². The van der Waals surface area contributed by atoms with Gasteiger partial charge >= 0.3 is 11.9 Å². The van der Waals surface area contributed by atoms with E-state index in [0.717, 1.165) is 11.3 Å². The van der Waals surface area contributed by atoms with Crippen LogP contribution in [0.5, 0.6) is 0 Å². The van der Waals surface area contributed by atoms with Crippen molar-refractivity contribution in [2.75, 3.05) is 24.7 Å². The van der Waals surface area contributed by atoms with E-state index in [9.17, 15) is 18.0 Å². The average molecular weight is 307 g/mol. The first-order chi connectivity index (χ1) is 8.89. The van der Waals surface area contributed by atoms with Gasteiger partial charge in [-0.05, 0) is 11.4 Å². The number of carbonyl (C=O) groups excluding carboxylic acids is 2. The molecule has 0 aliphatic heterocycles. The van der Waals surface area contributed by atoms with Gasteiger partial charge in [0.05, 0.1) is 32.1 Å². The second-order valence-electron chi connectivity index (χ2n) is 3.40. The average Bonchev–Trinajstić information content (AvgIpc) is 2.82. The van der Waals surface area contributed by atoms with Crippen LogP contribution in [0, 0.1) is 0 Å². The van der Waals surface area contributed by atoms with Gasteiger partial charge < -0.3 is 9.47 Å². The third kappa shape index (κ3) is 4.52. The highest BCUT2D eigenvalue weighted by molar-refractivity contribution is 7.92. The molecule has 0 saturated carbocycles. The maximum absolute atomic E-state index is 11.7. The van der Waals surface area contributed by atoms with E-state index in [2.05, 4.69) is 14.2 Å². The highest BCUT2D eigenvalue weighted by Gasteiger charge is 2.19. The summed E-state index contributed by atoms with van der Waals surface area (Å²) >= 11 is 1.06. The lowest BCUT2D eigenvalue weighted by molar-refractivity contribution is -0.140. The minimum atomic E-state index is -3.73. The minimum Gasteiger partial charge on any atom is -0.469 e. The van der Waals surface area contributed by atoms with Crippen LogP contribution in [0.4, 0.5) is 5.69 Å². The van der Waals surface area contributed by atoms with Crippen molar-refractivity contribution in [2.45, 2.75) is 6.42 Å². The van der Waals surface area contributed by atoms with E-state index in [-0.39, 0.29) is 17.0 Å². The van der Waals surface area contributed by atoms with Gasteiger partial charge in [0, 0.05) is 0 Å². The van der Waals surface area contributed by atoms with Gasteiger partial charge in [-0.2, -0.15) is 0 Å². The van der Waals surface area contributed by atoms with Crippen LogP contribution in [-0.4, -0.2) is 40.3 Å². The Morgan fingerprint density at radius 1 is 1.32 bits per heavy atom. The van der Waals surface area contributed by atoms with Crippen LogP contribution in [-0.2, 0) is 24.3 Å². The molecule has 0 aromatic carbocycles. The molecule has 19 heavy (non-hydrogen) atoms. The first-order valence-electron chi connectivity index (χ1n) is 5.12. The summed E-state index contributed by atoms with van der Waals surface area (Å²) in [4.78, 5) is 22.4. The monoisotopic (exact) mass is 307 g/mol. The molecule has 0 radical (unpaired) electrons. The highest BCUT2D eigenvalue weighted by Crippen LogP contribution is 2.24. The fourth-order valence-electron chi connectivity index (χ4n) is 1.18. The van der Waals surface area contributed by atoms with E-state index in [1.165, 1.54) is 20.3 Å². The summed E-state index contributed by atoms with van der Waals surface area (Å²) in [7, 11) is -1.34. The van der Waals surface area contributed by atoms with Crippen LogP contribution in [0.25, 0.3) is 0 Å². The Hall–Kier alpha value is -1.61. The van der Waals surface area contributed by atoms with Crippen LogP contribution in [0.15, 0.2) is 11.4 Å². The van der Waals surface area contributed by atoms with Gasteiger partial charge in [0.15, 0.2) is 0 Å². The van der Waals surface area contributed by atoms with Crippen molar-refractivity contribution >= 4 is 39.0 Å². The number of carbonyl (C=O) groups is 2. The topological polar surface area (TPSA) is 98.8 Å². The number of rotatable bonds is 6. The molecule has 1 heterocycles. The molecule has 106 valence electrons. The zero-order chi connectivity index (χ0) is 14.5. The molecule has 0 aliphatic carbocycles. The Balaban J connectivity index is 2.76. The fraction of sp³-hybridized carbons (Fsp3) is 0.400. The SMILES string of the molecule is COC(=O)CCS(=O)(=O)Nc1ccsc1C(=O)OC. The van der Waals surface area contributed by atoms with Crippen LogP contribution in [0.3, 0.4) is 0 Å². The van der Waals surface area contributed by atoms with Gasteiger partial charge in [-0.25, -0.2) is 13.2 Å². The van der Waals surface area contributed by atoms with Crippen molar-refractivity contribution < 1.29 is 27.5 Å². The number of hydrogen-bond donors (Lipinski definition) is 1. The molecule has 0 spiro atoms. The van der Waals surface area contributed by atoms with Crippen molar-refractivity contribution in [3.8, 4) is 0 Å². The van der Waals surface area contributed by atoms with Crippen LogP contribution >= 0.6 is 11.3 Å². The molecule has 1 rings (SSSR count). The summed E-state index contributed by atoms with van der Waals surface area (Å²) < 4.78 is 34.6. The first-order valence-corrected chi connectivity index (χ1v) is 7.66. The number of sulfonamides is 1. The van der Waals surface area contributed by atoms with Crippen molar-refractivity contribution in [1.29, 1.82) is 0 Å². The lowest BCUT2D eigenvalue weighted by Crippen LogP contribution is -2.20. The smallest absolute Gasteiger partial charge is 0.350 e. The summed E-state index contributed by atoms with van der Waals surface area (Å²) in [5.74, 6) is -1.67. The Bertz CT molecular complexity index is 562. The van der Waals surface area contributed by atoms with Crippen molar-refractivity contribution in [2.24, 2.45) is 0 Å². The predicted octanol–water partition coefficient (Wildman–Crippen LogP) is 0.839. The molecule has 0 saturated heterocycles. The van der Waals surface area contributed by atoms with E-state index in [0.29, 0.717) is 0 Å². The van der Waals surface area contributed by atoms with Crippen LogP contribution < -0.4 is 4.72 Å². The van der Waals surface area contributed by atoms with E-state index in [1.54, 1.807) is 5.38 Å². The van der Waals surface area contributed by atoms with Crippen LogP contribution in [0.2, 0.25) is 0 Å². The molecule has 0 unspecified atom stereocenters. The summed E-state index contributed by atoms with van der Waals surface area (Å²) in [5.41, 5.74) is 0.140. The number of anilines is 1. The van der Waals surface area contributed by atoms with Gasteiger partial charge in [0.2, 0.25) is 10.0 Å².